The quantitative estimate of drug-likeness (QED) is 0.797. The molecule has 1 N–H and O–H groups in total. The first-order chi connectivity index (χ1) is 7.24. The molecule has 0 aliphatic carbocycles. The summed E-state index contributed by atoms with van der Waals surface area (Å²) in [5.41, 5.74) is 2.05. The second kappa shape index (κ2) is 4.94. The summed E-state index contributed by atoms with van der Waals surface area (Å²) in [6.45, 7) is 0. The number of benzene rings is 1. The van der Waals surface area contributed by atoms with Crippen LogP contribution in [0.4, 0.5) is 11.4 Å². The fraction of sp³-hybridized carbons (Fsp3) is 0. The summed E-state index contributed by atoms with van der Waals surface area (Å²) in [7, 11) is 0. The number of hydrogen-bond donors (Lipinski definition) is 1. The van der Waals surface area contributed by atoms with Crippen LogP contribution in [0.1, 0.15) is 0 Å². The highest BCUT2D eigenvalue weighted by atomic mass is 127. The number of rotatable bonds is 2. The SMILES string of the molecule is Brc1cncc(Nc2cccc(I)c2)c1. The van der Waals surface area contributed by atoms with Crippen LogP contribution in [0.25, 0.3) is 0 Å². The molecule has 1 aromatic heterocycles. The van der Waals surface area contributed by atoms with Gasteiger partial charge in [0, 0.05) is 19.9 Å². The summed E-state index contributed by atoms with van der Waals surface area (Å²) in [6, 6.07) is 10.2. The Hall–Kier alpha value is -0.620. The molecule has 2 rings (SSSR count). The highest BCUT2D eigenvalue weighted by Crippen LogP contribution is 2.20. The minimum absolute atomic E-state index is 0.970. The predicted molar refractivity (Wildman–Crippen MR) is 74.4 cm³/mol. The van der Waals surface area contributed by atoms with Crippen LogP contribution in [0.2, 0.25) is 0 Å². The fourth-order valence-electron chi connectivity index (χ4n) is 1.21. The Morgan fingerprint density at radius 2 is 2.00 bits per heavy atom. The molecule has 0 bridgehead atoms. The van der Waals surface area contributed by atoms with Crippen LogP contribution >= 0.6 is 38.5 Å². The smallest absolute Gasteiger partial charge is 0.0582 e. The maximum Gasteiger partial charge on any atom is 0.0582 e. The van der Waals surface area contributed by atoms with Crippen LogP contribution in [0, 0.1) is 3.57 Å². The third-order valence-electron chi connectivity index (χ3n) is 1.82. The van der Waals surface area contributed by atoms with Gasteiger partial charge in [-0.2, -0.15) is 0 Å². The van der Waals surface area contributed by atoms with Gasteiger partial charge in [-0.15, -0.1) is 0 Å². The van der Waals surface area contributed by atoms with E-state index in [1.54, 1.807) is 12.4 Å². The number of nitrogens with zero attached hydrogens (tertiary/aromatic N) is 1. The first-order valence-corrected chi connectivity index (χ1v) is 6.24. The zero-order valence-corrected chi connectivity index (χ0v) is 11.5. The Bertz CT molecular complexity index is 430. The number of aromatic nitrogens is 1. The van der Waals surface area contributed by atoms with E-state index >= 15 is 0 Å². The van der Waals surface area contributed by atoms with Crippen molar-refractivity contribution in [1.29, 1.82) is 0 Å². The van der Waals surface area contributed by atoms with Crippen molar-refractivity contribution >= 4 is 49.9 Å². The van der Waals surface area contributed by atoms with Crippen LogP contribution in [0.3, 0.4) is 0 Å². The summed E-state index contributed by atoms with van der Waals surface area (Å²) >= 11 is 5.68. The van der Waals surface area contributed by atoms with Gasteiger partial charge in [-0.25, -0.2) is 0 Å². The minimum Gasteiger partial charge on any atom is -0.354 e. The molecule has 2 aromatic rings. The van der Waals surface area contributed by atoms with E-state index in [4.69, 9.17) is 0 Å². The Balaban J connectivity index is 2.22. The zero-order chi connectivity index (χ0) is 10.7. The van der Waals surface area contributed by atoms with Gasteiger partial charge >= 0.3 is 0 Å². The summed E-state index contributed by atoms with van der Waals surface area (Å²) in [5.74, 6) is 0. The van der Waals surface area contributed by atoms with E-state index in [9.17, 15) is 0 Å². The number of nitrogens with one attached hydrogen (secondary N) is 1. The van der Waals surface area contributed by atoms with Crippen LogP contribution < -0.4 is 5.32 Å². The molecule has 15 heavy (non-hydrogen) atoms. The molecule has 0 aliphatic rings. The van der Waals surface area contributed by atoms with E-state index in [0.717, 1.165) is 15.8 Å². The van der Waals surface area contributed by atoms with Crippen molar-refractivity contribution in [2.24, 2.45) is 0 Å². The molecule has 0 aliphatic heterocycles. The van der Waals surface area contributed by atoms with Gasteiger partial charge in [0.05, 0.1) is 11.9 Å². The maximum absolute atomic E-state index is 4.09. The molecule has 0 fully saturated rings. The van der Waals surface area contributed by atoms with Crippen molar-refractivity contribution in [2.45, 2.75) is 0 Å². The lowest BCUT2D eigenvalue weighted by molar-refractivity contribution is 1.30. The second-order valence-electron chi connectivity index (χ2n) is 3.03. The van der Waals surface area contributed by atoms with E-state index < -0.39 is 0 Å². The largest absolute Gasteiger partial charge is 0.354 e. The third kappa shape index (κ3) is 3.17. The monoisotopic (exact) mass is 374 g/mol. The topological polar surface area (TPSA) is 24.9 Å². The average molecular weight is 375 g/mol. The Morgan fingerprint density at radius 3 is 2.73 bits per heavy atom. The summed E-state index contributed by atoms with van der Waals surface area (Å²) in [6.07, 6.45) is 3.56. The molecular weight excluding hydrogens is 367 g/mol. The van der Waals surface area contributed by atoms with Crippen molar-refractivity contribution in [3.8, 4) is 0 Å². The van der Waals surface area contributed by atoms with Gasteiger partial charge in [0.25, 0.3) is 0 Å². The van der Waals surface area contributed by atoms with Crippen LogP contribution in [0.5, 0.6) is 0 Å². The van der Waals surface area contributed by atoms with Crippen LogP contribution in [0.15, 0.2) is 47.2 Å². The van der Waals surface area contributed by atoms with Gasteiger partial charge in [-0.05, 0) is 62.8 Å². The highest BCUT2D eigenvalue weighted by molar-refractivity contribution is 14.1. The molecule has 0 spiro atoms. The van der Waals surface area contributed by atoms with Gasteiger partial charge in [0.15, 0.2) is 0 Å². The van der Waals surface area contributed by atoms with Crippen molar-refractivity contribution in [3.63, 3.8) is 0 Å². The minimum atomic E-state index is 0.970. The highest BCUT2D eigenvalue weighted by Gasteiger charge is 1.96. The first kappa shape index (κ1) is 10.9. The molecule has 76 valence electrons. The van der Waals surface area contributed by atoms with Gasteiger partial charge in [-0.3, -0.25) is 4.98 Å². The Morgan fingerprint density at radius 1 is 1.13 bits per heavy atom. The summed E-state index contributed by atoms with van der Waals surface area (Å²) in [4.78, 5) is 4.09. The van der Waals surface area contributed by atoms with E-state index in [0.29, 0.717) is 0 Å². The normalized spacial score (nSPS) is 10.0. The molecule has 1 heterocycles. The standard InChI is InChI=1S/C11H8BrIN2/c12-8-4-11(7-14-6-8)15-10-3-1-2-9(13)5-10/h1-7,15H. The predicted octanol–water partition coefficient (Wildman–Crippen LogP) is 4.19. The van der Waals surface area contributed by atoms with Crippen molar-refractivity contribution < 1.29 is 0 Å². The lowest BCUT2D eigenvalue weighted by atomic mass is 10.3. The summed E-state index contributed by atoms with van der Waals surface area (Å²) in [5, 5.41) is 3.29. The maximum atomic E-state index is 4.09. The van der Waals surface area contributed by atoms with Crippen molar-refractivity contribution in [3.05, 3.63) is 50.8 Å². The van der Waals surface area contributed by atoms with Gasteiger partial charge in [0.2, 0.25) is 0 Å². The third-order valence-corrected chi connectivity index (χ3v) is 2.92. The number of pyridine rings is 1. The van der Waals surface area contributed by atoms with Gasteiger partial charge in [0.1, 0.15) is 0 Å². The zero-order valence-electron chi connectivity index (χ0n) is 7.74. The van der Waals surface area contributed by atoms with Gasteiger partial charge < -0.3 is 5.32 Å². The van der Waals surface area contributed by atoms with Crippen molar-refractivity contribution in [2.75, 3.05) is 5.32 Å². The van der Waals surface area contributed by atoms with E-state index in [1.165, 1.54) is 3.57 Å². The van der Waals surface area contributed by atoms with E-state index in [1.807, 2.05) is 18.2 Å². The lowest BCUT2D eigenvalue weighted by Gasteiger charge is -2.06. The van der Waals surface area contributed by atoms with Crippen LogP contribution in [-0.2, 0) is 0 Å². The molecule has 0 unspecified atom stereocenters. The molecule has 4 heteroatoms. The average Bonchev–Trinajstić information content (AvgIpc) is 2.17. The molecule has 0 atom stereocenters. The van der Waals surface area contributed by atoms with Gasteiger partial charge in [-0.1, -0.05) is 6.07 Å². The van der Waals surface area contributed by atoms with E-state index in [2.05, 4.69) is 61.0 Å². The number of halogens is 2. The van der Waals surface area contributed by atoms with Crippen molar-refractivity contribution in [1.82, 2.24) is 4.98 Å². The molecule has 0 radical (unpaired) electrons. The molecule has 0 saturated heterocycles. The molecular formula is C11H8BrIN2. The first-order valence-electron chi connectivity index (χ1n) is 4.37. The lowest BCUT2D eigenvalue weighted by Crippen LogP contribution is -1.91. The Labute approximate surface area is 110 Å². The van der Waals surface area contributed by atoms with E-state index in [-0.39, 0.29) is 0 Å². The summed E-state index contributed by atoms with van der Waals surface area (Å²) < 4.78 is 2.18. The number of hydrogen-bond acceptors (Lipinski definition) is 2. The molecule has 0 saturated carbocycles. The molecule has 1 aromatic carbocycles. The van der Waals surface area contributed by atoms with Crippen LogP contribution in [-0.4, -0.2) is 4.98 Å². The Kier molecular flexibility index (Phi) is 3.58. The molecule has 0 amide bonds. The number of anilines is 2. The second-order valence-corrected chi connectivity index (χ2v) is 5.19. The molecule has 2 nitrogen and oxygen atoms in total. The fourth-order valence-corrected chi connectivity index (χ4v) is 2.12.